The predicted octanol–water partition coefficient (Wildman–Crippen LogP) is 7.23. The molecule has 2 fully saturated rings. The van der Waals surface area contributed by atoms with E-state index < -0.39 is 0 Å². The Balaban J connectivity index is 0.000000410. The van der Waals surface area contributed by atoms with Gasteiger partial charge in [-0.05, 0) is 81.9 Å². The number of carbonyl (C=O) groups excluding carboxylic acids is 3. The van der Waals surface area contributed by atoms with Crippen molar-refractivity contribution in [2.24, 2.45) is 5.73 Å². The summed E-state index contributed by atoms with van der Waals surface area (Å²) in [5, 5.41) is 10.8. The molecule has 3 N–H and O–H groups in total. The summed E-state index contributed by atoms with van der Waals surface area (Å²) in [4.78, 5) is 37.2. The van der Waals surface area contributed by atoms with Gasteiger partial charge in [0.1, 0.15) is 0 Å². The lowest BCUT2D eigenvalue weighted by molar-refractivity contribution is 0.0939. The molecule has 0 atom stereocenters. The Hall–Kier alpha value is -3.83. The lowest BCUT2D eigenvalue weighted by Crippen LogP contribution is -2.32. The third kappa shape index (κ3) is 4.35. The Bertz CT molecular complexity index is 1710. The Morgan fingerprint density at radius 3 is 1.72 bits per heavy atom. The van der Waals surface area contributed by atoms with Crippen molar-refractivity contribution in [3.8, 4) is 0 Å². The zero-order chi connectivity index (χ0) is 27.1. The number of fused-ring (bicyclic) bond motifs is 2. The fourth-order valence-electron chi connectivity index (χ4n) is 6.79. The van der Waals surface area contributed by atoms with Crippen molar-refractivity contribution in [3.63, 3.8) is 0 Å². The summed E-state index contributed by atoms with van der Waals surface area (Å²) in [6.45, 7) is 2.02. The van der Waals surface area contributed by atoms with E-state index in [1.54, 1.807) is 6.07 Å². The SMILES string of the molecule is Cc1ccc2c3ccc(C(=O)NC4CCCC4)c4c(C=O)ccc(c5ccc(C=O)c1c52)c43.NC1CCCC1. The summed E-state index contributed by atoms with van der Waals surface area (Å²) in [5.41, 5.74) is 8.32. The van der Waals surface area contributed by atoms with Crippen LogP contribution in [0.3, 0.4) is 0 Å². The molecule has 7 rings (SSSR count). The second-order valence-electron chi connectivity index (χ2n) is 11.2. The fraction of sp³-hybridized carbons (Fsp3) is 0.324. The maximum absolute atomic E-state index is 13.3. The summed E-state index contributed by atoms with van der Waals surface area (Å²) >= 11 is 0. The van der Waals surface area contributed by atoms with Crippen LogP contribution in [0.25, 0.3) is 43.1 Å². The molecule has 0 spiro atoms. The first-order valence-corrected chi connectivity index (χ1v) is 14.2. The minimum atomic E-state index is -0.121. The summed E-state index contributed by atoms with van der Waals surface area (Å²) in [6.07, 6.45) is 11.3. The molecule has 5 nitrogen and oxygen atoms in total. The van der Waals surface area contributed by atoms with E-state index in [-0.39, 0.29) is 11.9 Å². The number of aryl methyl sites for hydroxylation is 1. The Morgan fingerprint density at radius 1 is 0.692 bits per heavy atom. The second-order valence-corrected chi connectivity index (χ2v) is 11.2. The number of benzene rings is 5. The number of carbonyl (C=O) groups is 3. The van der Waals surface area contributed by atoms with E-state index >= 15 is 0 Å². The van der Waals surface area contributed by atoms with Crippen LogP contribution in [-0.2, 0) is 0 Å². The van der Waals surface area contributed by atoms with Gasteiger partial charge in [0.25, 0.3) is 5.91 Å². The molecule has 5 heteroatoms. The highest BCUT2D eigenvalue weighted by Gasteiger charge is 2.23. The first-order valence-electron chi connectivity index (χ1n) is 14.2. The van der Waals surface area contributed by atoms with Crippen molar-refractivity contribution in [1.82, 2.24) is 5.32 Å². The van der Waals surface area contributed by atoms with Gasteiger partial charge >= 0.3 is 0 Å². The number of nitrogens with one attached hydrogen (secondary N) is 1. The van der Waals surface area contributed by atoms with Crippen LogP contribution in [-0.4, -0.2) is 30.6 Å². The molecule has 0 radical (unpaired) electrons. The van der Waals surface area contributed by atoms with Crippen LogP contribution in [0.15, 0.2) is 48.5 Å². The van der Waals surface area contributed by atoms with E-state index in [2.05, 4.69) is 11.4 Å². The van der Waals surface area contributed by atoms with Gasteiger partial charge in [0.15, 0.2) is 12.6 Å². The minimum Gasteiger partial charge on any atom is -0.349 e. The summed E-state index contributed by atoms with van der Waals surface area (Å²) < 4.78 is 0. The van der Waals surface area contributed by atoms with E-state index in [1.165, 1.54) is 25.7 Å². The molecule has 198 valence electrons. The fourth-order valence-corrected chi connectivity index (χ4v) is 6.79. The topological polar surface area (TPSA) is 89.3 Å². The van der Waals surface area contributed by atoms with Crippen LogP contribution in [0.5, 0.6) is 0 Å². The quantitative estimate of drug-likeness (QED) is 0.149. The van der Waals surface area contributed by atoms with E-state index in [1.807, 2.05) is 43.3 Å². The summed E-state index contributed by atoms with van der Waals surface area (Å²) in [6, 6.07) is 16.3. The molecule has 0 aliphatic heterocycles. The van der Waals surface area contributed by atoms with Gasteiger partial charge in [-0.25, -0.2) is 0 Å². The van der Waals surface area contributed by atoms with Crippen LogP contribution >= 0.6 is 0 Å². The van der Waals surface area contributed by atoms with Gasteiger partial charge in [-0.15, -0.1) is 0 Å². The minimum absolute atomic E-state index is 0.121. The lowest BCUT2D eigenvalue weighted by atomic mass is 9.85. The highest BCUT2D eigenvalue weighted by Crippen LogP contribution is 2.43. The number of nitrogens with two attached hydrogens (primary N) is 1. The van der Waals surface area contributed by atoms with E-state index in [9.17, 15) is 14.4 Å². The molecule has 0 bridgehead atoms. The van der Waals surface area contributed by atoms with Crippen molar-refractivity contribution in [3.05, 3.63) is 70.8 Å². The van der Waals surface area contributed by atoms with Crippen LogP contribution in [0, 0.1) is 6.92 Å². The Morgan fingerprint density at radius 2 is 1.18 bits per heavy atom. The van der Waals surface area contributed by atoms with E-state index in [0.717, 1.165) is 81.5 Å². The van der Waals surface area contributed by atoms with Gasteiger partial charge in [0, 0.05) is 34.2 Å². The molecular weight excluding hydrogens is 484 g/mol. The molecule has 0 saturated heterocycles. The maximum atomic E-state index is 13.3. The molecule has 2 saturated carbocycles. The average Bonchev–Trinajstić information content (AvgIpc) is 3.66. The Labute approximate surface area is 228 Å². The molecule has 0 aromatic heterocycles. The molecule has 2 aliphatic rings. The number of rotatable bonds is 4. The van der Waals surface area contributed by atoms with Crippen molar-refractivity contribution >= 4 is 61.6 Å². The van der Waals surface area contributed by atoms with Crippen molar-refractivity contribution in [2.45, 2.75) is 70.4 Å². The summed E-state index contributed by atoms with van der Waals surface area (Å²) in [7, 11) is 0. The van der Waals surface area contributed by atoms with Crippen LogP contribution in [0.1, 0.15) is 88.0 Å². The Kier molecular flexibility index (Phi) is 6.78. The van der Waals surface area contributed by atoms with Crippen LogP contribution < -0.4 is 11.1 Å². The zero-order valence-electron chi connectivity index (χ0n) is 22.4. The molecule has 0 heterocycles. The van der Waals surface area contributed by atoms with Crippen molar-refractivity contribution in [2.75, 3.05) is 0 Å². The molecule has 5 aromatic rings. The molecule has 39 heavy (non-hydrogen) atoms. The van der Waals surface area contributed by atoms with Gasteiger partial charge < -0.3 is 11.1 Å². The number of hydrogen-bond acceptors (Lipinski definition) is 4. The number of aldehydes is 2. The van der Waals surface area contributed by atoms with Crippen LogP contribution in [0.4, 0.5) is 0 Å². The molecule has 5 aromatic carbocycles. The van der Waals surface area contributed by atoms with Gasteiger partial charge in [0.2, 0.25) is 0 Å². The average molecular weight is 519 g/mol. The van der Waals surface area contributed by atoms with Crippen molar-refractivity contribution < 1.29 is 14.4 Å². The second kappa shape index (κ2) is 10.4. The van der Waals surface area contributed by atoms with Crippen molar-refractivity contribution in [1.29, 1.82) is 0 Å². The molecule has 1 amide bonds. The largest absolute Gasteiger partial charge is 0.349 e. The first-order chi connectivity index (χ1) is 19.0. The summed E-state index contributed by atoms with van der Waals surface area (Å²) in [5.74, 6) is -0.121. The maximum Gasteiger partial charge on any atom is 0.252 e. The monoisotopic (exact) mass is 518 g/mol. The molecule has 2 aliphatic carbocycles. The van der Waals surface area contributed by atoms with Gasteiger partial charge in [-0.2, -0.15) is 0 Å². The number of hydrogen-bond donors (Lipinski definition) is 2. The lowest BCUT2D eigenvalue weighted by Gasteiger charge is -2.19. The third-order valence-electron chi connectivity index (χ3n) is 8.76. The smallest absolute Gasteiger partial charge is 0.252 e. The third-order valence-corrected chi connectivity index (χ3v) is 8.76. The standard InChI is InChI=1S/C29H23NO3.C5H11N/c1-16-6-9-20-23-12-13-24(29(33)30-19-4-2-3-5-19)26-18(15-32)8-11-22(28(23)26)21-10-7-17(14-31)25(16)27(20)21;6-5-3-1-2-4-5/h6-15,19H,2-5H2,1H3,(H,30,33);5H,1-4,6H2. The van der Waals surface area contributed by atoms with E-state index in [4.69, 9.17) is 5.73 Å². The van der Waals surface area contributed by atoms with Gasteiger partial charge in [-0.3, -0.25) is 14.4 Å². The predicted molar refractivity (Wildman–Crippen MR) is 159 cm³/mol. The number of amides is 1. The molecular formula is C34H34N2O3. The van der Waals surface area contributed by atoms with Gasteiger partial charge in [0.05, 0.1) is 0 Å². The molecule has 0 unspecified atom stereocenters. The highest BCUT2D eigenvalue weighted by molar-refractivity contribution is 6.36. The van der Waals surface area contributed by atoms with Crippen LogP contribution in [0.2, 0.25) is 0 Å². The van der Waals surface area contributed by atoms with Gasteiger partial charge in [-0.1, -0.05) is 68.1 Å². The van der Waals surface area contributed by atoms with E-state index in [0.29, 0.717) is 28.1 Å². The zero-order valence-corrected chi connectivity index (χ0v) is 22.4. The normalized spacial score (nSPS) is 16.3. The highest BCUT2D eigenvalue weighted by atomic mass is 16.1. The first kappa shape index (κ1) is 25.4.